The molecule has 82 valence electrons. The van der Waals surface area contributed by atoms with Gasteiger partial charge in [0.1, 0.15) is 0 Å². The zero-order chi connectivity index (χ0) is 11.4. The monoisotopic (exact) mass is 206 g/mol. The van der Waals surface area contributed by atoms with Crippen LogP contribution in [0.5, 0.6) is 0 Å². The van der Waals surface area contributed by atoms with Gasteiger partial charge in [0.15, 0.2) is 0 Å². The lowest BCUT2D eigenvalue weighted by atomic mass is 10.1. The molecule has 0 bridgehead atoms. The van der Waals surface area contributed by atoms with Gasteiger partial charge in [0.05, 0.1) is 6.04 Å². The molecule has 3 heteroatoms. The molecule has 0 saturated carbocycles. The van der Waals surface area contributed by atoms with Gasteiger partial charge in [0.2, 0.25) is 5.91 Å². The van der Waals surface area contributed by atoms with Gasteiger partial charge in [-0.15, -0.1) is 0 Å². The van der Waals surface area contributed by atoms with Crippen molar-refractivity contribution in [1.82, 2.24) is 0 Å². The van der Waals surface area contributed by atoms with Crippen LogP contribution in [0, 0.1) is 6.92 Å². The van der Waals surface area contributed by atoms with Crippen molar-refractivity contribution >= 4 is 11.6 Å². The van der Waals surface area contributed by atoms with Crippen LogP contribution in [-0.2, 0) is 11.2 Å². The fraction of sp³-hybridized carbons (Fsp3) is 0.417. The SMILES string of the molecule is CCc1cc(NC(=O)[C@H](C)N)ccc1C. The van der Waals surface area contributed by atoms with Crippen molar-refractivity contribution in [1.29, 1.82) is 0 Å². The third-order valence-corrected chi connectivity index (χ3v) is 2.41. The van der Waals surface area contributed by atoms with Gasteiger partial charge in [-0.2, -0.15) is 0 Å². The average Bonchev–Trinajstić information content (AvgIpc) is 2.20. The molecule has 0 heterocycles. The number of nitrogens with one attached hydrogen (secondary N) is 1. The largest absolute Gasteiger partial charge is 0.325 e. The molecule has 1 aromatic carbocycles. The summed E-state index contributed by atoms with van der Waals surface area (Å²) in [5.74, 6) is -0.152. The molecule has 1 aromatic rings. The number of benzene rings is 1. The van der Waals surface area contributed by atoms with Crippen LogP contribution < -0.4 is 11.1 Å². The number of rotatable bonds is 3. The predicted molar refractivity (Wildman–Crippen MR) is 62.8 cm³/mol. The lowest BCUT2D eigenvalue weighted by Crippen LogP contribution is -2.32. The van der Waals surface area contributed by atoms with Crippen molar-refractivity contribution < 1.29 is 4.79 Å². The maximum absolute atomic E-state index is 11.4. The van der Waals surface area contributed by atoms with Gasteiger partial charge in [-0.25, -0.2) is 0 Å². The minimum atomic E-state index is -0.476. The molecule has 1 amide bonds. The molecule has 0 aliphatic carbocycles. The van der Waals surface area contributed by atoms with Crippen molar-refractivity contribution in [2.24, 2.45) is 5.73 Å². The summed E-state index contributed by atoms with van der Waals surface area (Å²) in [5, 5.41) is 2.78. The summed E-state index contributed by atoms with van der Waals surface area (Å²) in [4.78, 5) is 11.4. The summed E-state index contributed by atoms with van der Waals surface area (Å²) in [6, 6.07) is 5.43. The van der Waals surface area contributed by atoms with E-state index >= 15 is 0 Å². The smallest absolute Gasteiger partial charge is 0.240 e. The zero-order valence-electron chi connectivity index (χ0n) is 9.50. The van der Waals surface area contributed by atoms with Gasteiger partial charge in [0.25, 0.3) is 0 Å². The van der Waals surface area contributed by atoms with Crippen LogP contribution in [0.25, 0.3) is 0 Å². The number of amides is 1. The first kappa shape index (κ1) is 11.7. The summed E-state index contributed by atoms with van der Waals surface area (Å²) in [7, 11) is 0. The fourth-order valence-corrected chi connectivity index (χ4v) is 1.39. The van der Waals surface area contributed by atoms with Crippen LogP contribution in [0.4, 0.5) is 5.69 Å². The maximum atomic E-state index is 11.4. The third-order valence-electron chi connectivity index (χ3n) is 2.41. The number of aryl methyl sites for hydroxylation is 2. The average molecular weight is 206 g/mol. The molecule has 0 unspecified atom stereocenters. The normalized spacial score (nSPS) is 12.3. The minimum absolute atomic E-state index is 0.152. The van der Waals surface area contributed by atoms with Gasteiger partial charge in [-0.05, 0) is 43.5 Å². The first-order valence-corrected chi connectivity index (χ1v) is 5.20. The second-order valence-electron chi connectivity index (χ2n) is 3.77. The second kappa shape index (κ2) is 4.94. The Hall–Kier alpha value is -1.35. The van der Waals surface area contributed by atoms with Crippen molar-refractivity contribution in [3.63, 3.8) is 0 Å². The Bertz CT molecular complexity index is 359. The molecule has 15 heavy (non-hydrogen) atoms. The highest BCUT2D eigenvalue weighted by Crippen LogP contribution is 2.15. The second-order valence-corrected chi connectivity index (χ2v) is 3.77. The summed E-state index contributed by atoms with van der Waals surface area (Å²) in [6.45, 7) is 5.83. The first-order chi connectivity index (χ1) is 7.04. The van der Waals surface area contributed by atoms with E-state index in [2.05, 4.69) is 19.2 Å². The summed E-state index contributed by atoms with van der Waals surface area (Å²) < 4.78 is 0. The molecule has 0 fully saturated rings. The molecule has 1 rings (SSSR count). The van der Waals surface area contributed by atoms with Gasteiger partial charge in [-0.1, -0.05) is 13.0 Å². The Morgan fingerprint density at radius 2 is 2.20 bits per heavy atom. The Morgan fingerprint density at radius 1 is 1.53 bits per heavy atom. The molecule has 0 saturated heterocycles. The Morgan fingerprint density at radius 3 is 2.73 bits per heavy atom. The number of carbonyl (C=O) groups excluding carboxylic acids is 1. The summed E-state index contributed by atoms with van der Waals surface area (Å²) in [6.07, 6.45) is 0.966. The van der Waals surface area contributed by atoms with Gasteiger partial charge < -0.3 is 11.1 Å². The van der Waals surface area contributed by atoms with E-state index in [1.54, 1.807) is 6.92 Å². The van der Waals surface area contributed by atoms with E-state index in [1.165, 1.54) is 11.1 Å². The third kappa shape index (κ3) is 3.06. The summed E-state index contributed by atoms with van der Waals surface area (Å²) >= 11 is 0. The first-order valence-electron chi connectivity index (χ1n) is 5.20. The highest BCUT2D eigenvalue weighted by molar-refractivity contribution is 5.94. The fourth-order valence-electron chi connectivity index (χ4n) is 1.39. The van der Waals surface area contributed by atoms with Crippen molar-refractivity contribution in [3.05, 3.63) is 29.3 Å². The lowest BCUT2D eigenvalue weighted by Gasteiger charge is -2.10. The molecule has 1 atom stereocenters. The van der Waals surface area contributed by atoms with Crippen LogP contribution in [-0.4, -0.2) is 11.9 Å². The number of hydrogen-bond donors (Lipinski definition) is 2. The molecular formula is C12H18N2O. The quantitative estimate of drug-likeness (QED) is 0.793. The van der Waals surface area contributed by atoms with E-state index in [0.717, 1.165) is 12.1 Å². The van der Waals surface area contributed by atoms with E-state index in [9.17, 15) is 4.79 Å². The van der Waals surface area contributed by atoms with Gasteiger partial charge in [0, 0.05) is 5.69 Å². The topological polar surface area (TPSA) is 55.1 Å². The van der Waals surface area contributed by atoms with E-state index in [1.807, 2.05) is 18.2 Å². The molecule has 0 aromatic heterocycles. The van der Waals surface area contributed by atoms with Crippen LogP contribution >= 0.6 is 0 Å². The number of carbonyl (C=O) groups is 1. The number of anilines is 1. The minimum Gasteiger partial charge on any atom is -0.325 e. The number of hydrogen-bond acceptors (Lipinski definition) is 2. The van der Waals surface area contributed by atoms with Crippen LogP contribution in [0.15, 0.2) is 18.2 Å². The molecule has 3 nitrogen and oxygen atoms in total. The molecular weight excluding hydrogens is 188 g/mol. The van der Waals surface area contributed by atoms with Crippen molar-refractivity contribution in [2.75, 3.05) is 5.32 Å². The molecule has 0 aliphatic rings. The molecule has 0 aliphatic heterocycles. The van der Waals surface area contributed by atoms with E-state index in [4.69, 9.17) is 5.73 Å². The highest BCUT2D eigenvalue weighted by atomic mass is 16.2. The predicted octanol–water partition coefficient (Wildman–Crippen LogP) is 1.84. The highest BCUT2D eigenvalue weighted by Gasteiger charge is 2.07. The van der Waals surface area contributed by atoms with E-state index in [0.29, 0.717) is 0 Å². The Labute approximate surface area is 90.7 Å². The molecule has 0 radical (unpaired) electrons. The molecule has 0 spiro atoms. The van der Waals surface area contributed by atoms with Gasteiger partial charge in [-0.3, -0.25) is 4.79 Å². The Kier molecular flexibility index (Phi) is 3.86. The standard InChI is InChI=1S/C12H18N2O/c1-4-10-7-11(6-5-8(10)2)14-12(15)9(3)13/h5-7,9H,4,13H2,1-3H3,(H,14,15)/t9-/m0/s1. The van der Waals surface area contributed by atoms with Crippen LogP contribution in [0.3, 0.4) is 0 Å². The van der Waals surface area contributed by atoms with E-state index < -0.39 is 6.04 Å². The molecule has 3 N–H and O–H groups in total. The Balaban J connectivity index is 2.83. The van der Waals surface area contributed by atoms with E-state index in [-0.39, 0.29) is 5.91 Å². The van der Waals surface area contributed by atoms with Crippen LogP contribution in [0.1, 0.15) is 25.0 Å². The van der Waals surface area contributed by atoms with Crippen molar-refractivity contribution in [2.45, 2.75) is 33.2 Å². The summed E-state index contributed by atoms with van der Waals surface area (Å²) in [5.41, 5.74) is 8.79. The number of nitrogens with two attached hydrogens (primary N) is 1. The zero-order valence-corrected chi connectivity index (χ0v) is 9.50. The maximum Gasteiger partial charge on any atom is 0.240 e. The van der Waals surface area contributed by atoms with Gasteiger partial charge >= 0.3 is 0 Å². The van der Waals surface area contributed by atoms with Crippen LogP contribution in [0.2, 0.25) is 0 Å². The van der Waals surface area contributed by atoms with Crippen molar-refractivity contribution in [3.8, 4) is 0 Å². The lowest BCUT2D eigenvalue weighted by molar-refractivity contribution is -0.117.